The number of methoxy groups -OCH3 is 1. The summed E-state index contributed by atoms with van der Waals surface area (Å²) in [6, 6.07) is 7.94. The van der Waals surface area contributed by atoms with Crippen LogP contribution in [0.25, 0.3) is 0 Å². The number of aromatic nitrogens is 1. The van der Waals surface area contributed by atoms with Crippen LogP contribution in [-0.4, -0.2) is 17.2 Å². The maximum atomic E-state index is 10.4. The summed E-state index contributed by atoms with van der Waals surface area (Å²) < 4.78 is 5.46. The molecular formula is C17H21NO2. The van der Waals surface area contributed by atoms with Gasteiger partial charge in [0.25, 0.3) is 0 Å². The van der Waals surface area contributed by atoms with Crippen molar-refractivity contribution in [3.8, 4) is 5.75 Å². The van der Waals surface area contributed by atoms with Gasteiger partial charge in [-0.1, -0.05) is 12.1 Å². The SMILES string of the molecule is COc1c(C(O)CCc2ccncc2)ccc(C)c1C. The predicted octanol–water partition coefficient (Wildman–Crippen LogP) is 3.37. The topological polar surface area (TPSA) is 42.4 Å². The van der Waals surface area contributed by atoms with Gasteiger partial charge >= 0.3 is 0 Å². The van der Waals surface area contributed by atoms with Gasteiger partial charge in [0.2, 0.25) is 0 Å². The van der Waals surface area contributed by atoms with Crippen molar-refractivity contribution in [1.82, 2.24) is 4.98 Å². The molecule has 0 bridgehead atoms. The summed E-state index contributed by atoms with van der Waals surface area (Å²) in [6.07, 6.45) is 4.52. The zero-order valence-corrected chi connectivity index (χ0v) is 12.3. The lowest BCUT2D eigenvalue weighted by Crippen LogP contribution is -2.04. The third-order valence-electron chi connectivity index (χ3n) is 3.73. The summed E-state index contributed by atoms with van der Waals surface area (Å²) in [5.41, 5.74) is 4.31. The minimum Gasteiger partial charge on any atom is -0.496 e. The summed E-state index contributed by atoms with van der Waals surface area (Å²) in [5, 5.41) is 10.4. The summed E-state index contributed by atoms with van der Waals surface area (Å²) in [6.45, 7) is 4.07. The van der Waals surface area contributed by atoms with E-state index in [4.69, 9.17) is 4.74 Å². The molecule has 1 N–H and O–H groups in total. The van der Waals surface area contributed by atoms with Gasteiger partial charge in [-0.05, 0) is 55.5 Å². The lowest BCUT2D eigenvalue weighted by Gasteiger charge is -2.18. The van der Waals surface area contributed by atoms with Crippen molar-refractivity contribution in [2.24, 2.45) is 0 Å². The van der Waals surface area contributed by atoms with Gasteiger partial charge in [-0.25, -0.2) is 0 Å². The highest BCUT2D eigenvalue weighted by Crippen LogP contribution is 2.32. The summed E-state index contributed by atoms with van der Waals surface area (Å²) in [4.78, 5) is 4.00. The molecule has 106 valence electrons. The molecular weight excluding hydrogens is 250 g/mol. The van der Waals surface area contributed by atoms with Crippen molar-refractivity contribution in [2.45, 2.75) is 32.8 Å². The van der Waals surface area contributed by atoms with Crippen molar-refractivity contribution in [2.75, 3.05) is 7.11 Å². The molecule has 0 saturated carbocycles. The minimum atomic E-state index is -0.516. The Kier molecular flexibility index (Phi) is 4.74. The average Bonchev–Trinajstić information content (AvgIpc) is 2.48. The van der Waals surface area contributed by atoms with Gasteiger partial charge < -0.3 is 9.84 Å². The number of pyridine rings is 1. The van der Waals surface area contributed by atoms with E-state index in [2.05, 4.69) is 4.98 Å². The van der Waals surface area contributed by atoms with Gasteiger partial charge in [0.15, 0.2) is 0 Å². The van der Waals surface area contributed by atoms with Crippen LogP contribution in [0, 0.1) is 13.8 Å². The first-order valence-corrected chi connectivity index (χ1v) is 6.84. The first-order chi connectivity index (χ1) is 9.63. The van der Waals surface area contributed by atoms with E-state index in [1.807, 2.05) is 38.1 Å². The number of rotatable bonds is 5. The van der Waals surface area contributed by atoms with E-state index in [1.165, 1.54) is 11.1 Å². The molecule has 3 heteroatoms. The molecule has 1 aromatic heterocycles. The Morgan fingerprint density at radius 3 is 2.50 bits per heavy atom. The molecule has 1 unspecified atom stereocenters. The van der Waals surface area contributed by atoms with Gasteiger partial charge in [-0.15, -0.1) is 0 Å². The van der Waals surface area contributed by atoms with Gasteiger partial charge in [-0.3, -0.25) is 4.98 Å². The Labute approximate surface area is 120 Å². The molecule has 0 saturated heterocycles. The highest BCUT2D eigenvalue weighted by molar-refractivity contribution is 5.46. The second kappa shape index (κ2) is 6.53. The van der Waals surface area contributed by atoms with Crippen molar-refractivity contribution < 1.29 is 9.84 Å². The molecule has 2 rings (SSSR count). The lowest BCUT2D eigenvalue weighted by atomic mass is 9.97. The molecule has 1 aromatic carbocycles. The fraction of sp³-hybridized carbons (Fsp3) is 0.353. The number of benzene rings is 1. The van der Waals surface area contributed by atoms with Crippen LogP contribution >= 0.6 is 0 Å². The van der Waals surface area contributed by atoms with Crippen molar-refractivity contribution in [3.05, 3.63) is 58.9 Å². The van der Waals surface area contributed by atoms with Crippen LogP contribution in [0.15, 0.2) is 36.7 Å². The smallest absolute Gasteiger partial charge is 0.127 e. The number of nitrogens with zero attached hydrogens (tertiary/aromatic N) is 1. The molecule has 0 aliphatic heterocycles. The highest BCUT2D eigenvalue weighted by Gasteiger charge is 2.16. The van der Waals surface area contributed by atoms with E-state index in [-0.39, 0.29) is 0 Å². The molecule has 2 aromatic rings. The zero-order valence-electron chi connectivity index (χ0n) is 12.3. The van der Waals surface area contributed by atoms with Crippen LogP contribution in [0.1, 0.15) is 34.8 Å². The van der Waals surface area contributed by atoms with Gasteiger partial charge in [-0.2, -0.15) is 0 Å². The zero-order chi connectivity index (χ0) is 14.5. The number of hydrogen-bond donors (Lipinski definition) is 1. The van der Waals surface area contributed by atoms with E-state index < -0.39 is 6.10 Å². The van der Waals surface area contributed by atoms with Crippen LogP contribution in [0.4, 0.5) is 0 Å². The van der Waals surface area contributed by atoms with Crippen LogP contribution in [0.5, 0.6) is 5.75 Å². The molecule has 20 heavy (non-hydrogen) atoms. The number of aryl methyl sites for hydroxylation is 2. The molecule has 0 aliphatic carbocycles. The molecule has 0 spiro atoms. The Balaban J connectivity index is 2.13. The number of aliphatic hydroxyl groups excluding tert-OH is 1. The van der Waals surface area contributed by atoms with Crippen molar-refractivity contribution >= 4 is 0 Å². The van der Waals surface area contributed by atoms with Gasteiger partial charge in [0.05, 0.1) is 13.2 Å². The largest absolute Gasteiger partial charge is 0.496 e. The molecule has 3 nitrogen and oxygen atoms in total. The number of hydrogen-bond acceptors (Lipinski definition) is 3. The van der Waals surface area contributed by atoms with E-state index in [1.54, 1.807) is 19.5 Å². The Morgan fingerprint density at radius 2 is 1.85 bits per heavy atom. The summed E-state index contributed by atoms with van der Waals surface area (Å²) in [7, 11) is 1.65. The van der Waals surface area contributed by atoms with Crippen LogP contribution in [-0.2, 0) is 6.42 Å². The first kappa shape index (κ1) is 14.5. The van der Waals surface area contributed by atoms with Crippen LogP contribution < -0.4 is 4.74 Å². The minimum absolute atomic E-state index is 0.516. The molecule has 0 aliphatic rings. The Bertz CT molecular complexity index is 567. The quantitative estimate of drug-likeness (QED) is 0.906. The van der Waals surface area contributed by atoms with Crippen molar-refractivity contribution in [3.63, 3.8) is 0 Å². The van der Waals surface area contributed by atoms with Gasteiger partial charge in [0.1, 0.15) is 5.75 Å². The van der Waals surface area contributed by atoms with E-state index in [9.17, 15) is 5.11 Å². The maximum absolute atomic E-state index is 10.4. The Morgan fingerprint density at radius 1 is 1.15 bits per heavy atom. The standard InChI is InChI=1S/C17H21NO2/c1-12-4-6-15(17(20-3)13(12)2)16(19)7-5-14-8-10-18-11-9-14/h4,6,8-11,16,19H,5,7H2,1-3H3. The second-order valence-corrected chi connectivity index (χ2v) is 5.04. The van der Waals surface area contributed by atoms with Crippen molar-refractivity contribution in [1.29, 1.82) is 0 Å². The maximum Gasteiger partial charge on any atom is 0.127 e. The first-order valence-electron chi connectivity index (χ1n) is 6.84. The highest BCUT2D eigenvalue weighted by atomic mass is 16.5. The summed E-state index contributed by atoms with van der Waals surface area (Å²) >= 11 is 0. The van der Waals surface area contributed by atoms with E-state index >= 15 is 0 Å². The molecule has 0 fully saturated rings. The van der Waals surface area contributed by atoms with Crippen LogP contribution in [0.3, 0.4) is 0 Å². The lowest BCUT2D eigenvalue weighted by molar-refractivity contribution is 0.163. The predicted molar refractivity (Wildman–Crippen MR) is 80.0 cm³/mol. The van der Waals surface area contributed by atoms with Gasteiger partial charge in [0, 0.05) is 18.0 Å². The number of ether oxygens (including phenoxy) is 1. The molecule has 1 heterocycles. The summed E-state index contributed by atoms with van der Waals surface area (Å²) in [5.74, 6) is 0.798. The third kappa shape index (κ3) is 3.17. The fourth-order valence-electron chi connectivity index (χ4n) is 2.35. The third-order valence-corrected chi connectivity index (χ3v) is 3.73. The normalized spacial score (nSPS) is 12.2. The monoisotopic (exact) mass is 271 g/mol. The molecule has 0 radical (unpaired) electrons. The fourth-order valence-corrected chi connectivity index (χ4v) is 2.35. The number of aliphatic hydroxyl groups is 1. The second-order valence-electron chi connectivity index (χ2n) is 5.04. The average molecular weight is 271 g/mol. The van der Waals surface area contributed by atoms with E-state index in [0.717, 1.165) is 23.3 Å². The van der Waals surface area contributed by atoms with Crippen LogP contribution in [0.2, 0.25) is 0 Å². The molecule has 1 atom stereocenters. The van der Waals surface area contributed by atoms with E-state index in [0.29, 0.717) is 6.42 Å². The molecule has 0 amide bonds. The Hall–Kier alpha value is -1.87.